The highest BCUT2D eigenvalue weighted by Gasteiger charge is 2.39. The number of furan rings is 1. The molecule has 49 heavy (non-hydrogen) atoms. The largest absolute Gasteiger partial charge is 0.497 e. The van der Waals surface area contributed by atoms with E-state index >= 15 is 0 Å². The summed E-state index contributed by atoms with van der Waals surface area (Å²) in [5, 5.41) is 0.615. The summed E-state index contributed by atoms with van der Waals surface area (Å²) in [5.41, 5.74) is 3.98. The number of nitrogens with zero attached hydrogens (tertiary/aromatic N) is 2. The van der Waals surface area contributed by atoms with Crippen LogP contribution < -0.4 is 18.9 Å². The first-order valence-electron chi connectivity index (χ1n) is 15.7. The molecule has 7 rings (SSSR count). The Morgan fingerprint density at radius 2 is 1.22 bits per heavy atom. The van der Waals surface area contributed by atoms with Crippen molar-refractivity contribution in [2.45, 2.75) is 5.54 Å². The van der Waals surface area contributed by atoms with Crippen LogP contribution in [0, 0.1) is 0 Å². The number of benzene rings is 5. The third-order valence-electron chi connectivity index (χ3n) is 8.83. The predicted molar refractivity (Wildman–Crippen MR) is 188 cm³/mol. The second-order valence-electron chi connectivity index (χ2n) is 11.4. The first kappa shape index (κ1) is 31.3. The van der Waals surface area contributed by atoms with Crippen molar-refractivity contribution >= 4 is 16.8 Å². The minimum atomic E-state index is -0.800. The molecule has 2 heterocycles. The molecule has 5 aromatic carbocycles. The number of carbonyl (C=O) groups excluding carboxylic acids is 1. The van der Waals surface area contributed by atoms with Gasteiger partial charge < -0.3 is 27.9 Å². The summed E-state index contributed by atoms with van der Waals surface area (Å²) in [4.78, 5) is 19.5. The van der Waals surface area contributed by atoms with Crippen LogP contribution in [-0.2, 0) is 5.54 Å². The molecule has 0 saturated heterocycles. The summed E-state index contributed by atoms with van der Waals surface area (Å²) in [7, 11) is 6.14. The summed E-state index contributed by atoms with van der Waals surface area (Å²) < 4.78 is 30.7. The lowest BCUT2D eigenvalue weighted by atomic mass is 9.77. The number of hydrogen-bond acceptors (Lipinski definition) is 7. The van der Waals surface area contributed by atoms with Gasteiger partial charge in [-0.3, -0.25) is 4.79 Å². The number of aromatic nitrogens is 2. The SMILES string of the molecule is COc1ccc2c(C(=O)c3cc(OC)c(OC)c(OC)c3)c(-c3cn(C(c4ccccc4)(c4ccccc4)c4ccccc4)cn3)oc2c1. The summed E-state index contributed by atoms with van der Waals surface area (Å²) in [6.07, 6.45) is 3.73. The molecule has 244 valence electrons. The fourth-order valence-corrected chi connectivity index (χ4v) is 6.57. The Morgan fingerprint density at radius 3 is 1.71 bits per heavy atom. The Morgan fingerprint density at radius 1 is 0.673 bits per heavy atom. The molecule has 0 saturated carbocycles. The van der Waals surface area contributed by atoms with Crippen LogP contribution in [-0.4, -0.2) is 43.8 Å². The van der Waals surface area contributed by atoms with E-state index in [-0.39, 0.29) is 5.78 Å². The van der Waals surface area contributed by atoms with E-state index in [4.69, 9.17) is 28.3 Å². The Labute approximate surface area is 284 Å². The second-order valence-corrected chi connectivity index (χ2v) is 11.4. The molecule has 0 aliphatic heterocycles. The number of carbonyl (C=O) groups is 1. The van der Waals surface area contributed by atoms with Crippen LogP contribution >= 0.6 is 0 Å². The second kappa shape index (κ2) is 13.1. The molecule has 0 aliphatic rings. The molecule has 0 amide bonds. The van der Waals surface area contributed by atoms with Gasteiger partial charge in [0.2, 0.25) is 5.75 Å². The maximum Gasteiger partial charge on any atom is 0.203 e. The molecule has 0 aliphatic carbocycles. The van der Waals surface area contributed by atoms with Crippen LogP contribution in [0.25, 0.3) is 22.4 Å². The van der Waals surface area contributed by atoms with Gasteiger partial charge in [0.1, 0.15) is 22.6 Å². The molecule has 8 heteroatoms. The zero-order valence-corrected chi connectivity index (χ0v) is 27.5. The van der Waals surface area contributed by atoms with Gasteiger partial charge in [0.25, 0.3) is 0 Å². The highest BCUT2D eigenvalue weighted by Crippen LogP contribution is 2.44. The minimum Gasteiger partial charge on any atom is -0.497 e. The molecule has 0 N–H and O–H groups in total. The topological polar surface area (TPSA) is 85.0 Å². The highest BCUT2D eigenvalue weighted by atomic mass is 16.5. The lowest BCUT2D eigenvalue weighted by molar-refractivity contribution is 0.103. The number of hydrogen-bond donors (Lipinski definition) is 0. The van der Waals surface area contributed by atoms with Gasteiger partial charge in [0.05, 0.1) is 40.3 Å². The summed E-state index contributed by atoms with van der Waals surface area (Å²) in [6, 6.07) is 39.6. The van der Waals surface area contributed by atoms with Crippen LogP contribution in [0.3, 0.4) is 0 Å². The molecule has 0 atom stereocenters. The van der Waals surface area contributed by atoms with Crippen molar-refractivity contribution in [3.05, 3.63) is 162 Å². The predicted octanol–water partition coefficient (Wildman–Crippen LogP) is 8.40. The smallest absolute Gasteiger partial charge is 0.203 e. The molecular formula is C41H34N2O6. The van der Waals surface area contributed by atoms with Crippen LogP contribution in [0.1, 0.15) is 32.6 Å². The highest BCUT2D eigenvalue weighted by molar-refractivity contribution is 6.20. The van der Waals surface area contributed by atoms with Gasteiger partial charge in [-0.1, -0.05) is 91.0 Å². The summed E-state index contributed by atoms with van der Waals surface area (Å²) in [5.74, 6) is 1.74. The first-order valence-corrected chi connectivity index (χ1v) is 15.7. The van der Waals surface area contributed by atoms with Gasteiger partial charge in [0, 0.05) is 23.2 Å². The van der Waals surface area contributed by atoms with Gasteiger partial charge in [-0.2, -0.15) is 0 Å². The van der Waals surface area contributed by atoms with Crippen molar-refractivity contribution in [3.8, 4) is 34.5 Å². The van der Waals surface area contributed by atoms with Crippen LogP contribution in [0.5, 0.6) is 23.0 Å². The van der Waals surface area contributed by atoms with Gasteiger partial charge >= 0.3 is 0 Å². The Kier molecular flexibility index (Phi) is 8.36. The first-order chi connectivity index (χ1) is 24.0. The number of ketones is 1. The number of rotatable bonds is 11. The van der Waals surface area contributed by atoms with E-state index in [2.05, 4.69) is 41.0 Å². The van der Waals surface area contributed by atoms with Gasteiger partial charge in [0.15, 0.2) is 23.0 Å². The zero-order chi connectivity index (χ0) is 34.0. The van der Waals surface area contributed by atoms with E-state index in [0.717, 1.165) is 16.7 Å². The average Bonchev–Trinajstić information content (AvgIpc) is 3.81. The zero-order valence-electron chi connectivity index (χ0n) is 27.5. The maximum absolute atomic E-state index is 14.6. The fraction of sp³-hybridized carbons (Fsp3) is 0.122. The van der Waals surface area contributed by atoms with E-state index < -0.39 is 5.54 Å². The Hall–Kier alpha value is -6.28. The molecule has 0 fully saturated rings. The lowest BCUT2D eigenvalue weighted by Crippen LogP contribution is -2.36. The molecule has 0 bridgehead atoms. The quantitative estimate of drug-likeness (QED) is 0.103. The molecule has 0 spiro atoms. The molecule has 0 unspecified atom stereocenters. The van der Waals surface area contributed by atoms with Crippen LogP contribution in [0.2, 0.25) is 0 Å². The summed E-state index contributed by atoms with van der Waals surface area (Å²) >= 11 is 0. The molecule has 7 aromatic rings. The number of ether oxygens (including phenoxy) is 4. The molecule has 8 nitrogen and oxygen atoms in total. The van der Waals surface area contributed by atoms with Crippen molar-refractivity contribution < 1.29 is 28.2 Å². The number of methoxy groups -OCH3 is 4. The number of fused-ring (bicyclic) bond motifs is 1. The standard InChI is InChI=1S/C41H34N2O6/c1-45-31-20-21-32-34(24-31)49-39(37(32)38(44)27-22-35(46-2)40(48-4)36(23-27)47-3)33-25-43(26-42-33)41(28-14-8-5-9-15-28,29-16-10-6-11-17-29)30-18-12-7-13-19-30/h5-26H,1-4H3. The Balaban J connectivity index is 1.47. The van der Waals surface area contributed by atoms with Crippen LogP contribution in [0.15, 0.2) is 138 Å². The Bertz CT molecular complexity index is 2120. The lowest BCUT2D eigenvalue weighted by Gasteiger charge is -2.37. The molecule has 2 aromatic heterocycles. The average molecular weight is 651 g/mol. The molecule has 0 radical (unpaired) electrons. The van der Waals surface area contributed by atoms with Crippen LogP contribution in [0.4, 0.5) is 0 Å². The van der Waals surface area contributed by atoms with E-state index in [9.17, 15) is 4.79 Å². The van der Waals surface area contributed by atoms with E-state index in [1.807, 2.05) is 66.9 Å². The monoisotopic (exact) mass is 650 g/mol. The minimum absolute atomic E-state index is 0.298. The van der Waals surface area contributed by atoms with Gasteiger partial charge in [-0.15, -0.1) is 0 Å². The van der Waals surface area contributed by atoms with Crippen molar-refractivity contribution in [1.82, 2.24) is 9.55 Å². The normalized spacial score (nSPS) is 11.3. The van der Waals surface area contributed by atoms with Gasteiger partial charge in [-0.05, 0) is 41.0 Å². The maximum atomic E-state index is 14.6. The van der Waals surface area contributed by atoms with Crippen molar-refractivity contribution in [2.24, 2.45) is 0 Å². The number of imidazole rings is 1. The van der Waals surface area contributed by atoms with E-state index in [0.29, 0.717) is 56.5 Å². The third-order valence-corrected chi connectivity index (χ3v) is 8.83. The third kappa shape index (κ3) is 5.27. The molecular weight excluding hydrogens is 616 g/mol. The summed E-state index contributed by atoms with van der Waals surface area (Å²) in [6.45, 7) is 0. The van der Waals surface area contributed by atoms with E-state index in [1.165, 1.54) is 21.3 Å². The van der Waals surface area contributed by atoms with Gasteiger partial charge in [-0.25, -0.2) is 4.98 Å². The fourth-order valence-electron chi connectivity index (χ4n) is 6.57. The van der Waals surface area contributed by atoms with Crippen molar-refractivity contribution in [2.75, 3.05) is 28.4 Å². The van der Waals surface area contributed by atoms with E-state index in [1.54, 1.807) is 37.7 Å². The van der Waals surface area contributed by atoms with Crippen molar-refractivity contribution in [3.63, 3.8) is 0 Å². The van der Waals surface area contributed by atoms with Crippen molar-refractivity contribution in [1.29, 1.82) is 0 Å².